The van der Waals surface area contributed by atoms with E-state index >= 15 is 0 Å². The van der Waals surface area contributed by atoms with Crippen LogP contribution in [-0.2, 0) is 9.59 Å². The van der Waals surface area contributed by atoms with Crippen molar-refractivity contribution in [1.82, 2.24) is 0 Å². The molecule has 1 atom stereocenters. The van der Waals surface area contributed by atoms with Gasteiger partial charge in [0.15, 0.2) is 11.5 Å². The lowest BCUT2D eigenvalue weighted by atomic mass is 10.1. The van der Waals surface area contributed by atoms with Gasteiger partial charge in [0.25, 0.3) is 0 Å². The zero-order valence-electron chi connectivity index (χ0n) is 13.6. The number of anilines is 1. The van der Waals surface area contributed by atoms with Crippen LogP contribution in [0.25, 0.3) is 0 Å². The minimum atomic E-state index is -0.943. The summed E-state index contributed by atoms with van der Waals surface area (Å²) in [6.07, 6.45) is 0. The monoisotopic (exact) mass is 309 g/mol. The number of ether oxygens (including phenoxy) is 2. The van der Waals surface area contributed by atoms with Crippen molar-refractivity contribution in [2.45, 2.75) is 20.8 Å². The normalized spacial score (nSPS) is 11.9. The highest BCUT2D eigenvalue weighted by molar-refractivity contribution is 5.95. The zero-order valence-corrected chi connectivity index (χ0v) is 13.6. The third-order valence-corrected chi connectivity index (χ3v) is 3.32. The van der Waals surface area contributed by atoms with Crippen LogP contribution in [-0.4, -0.2) is 37.7 Å². The minimum Gasteiger partial charge on any atom is -0.493 e. The molecule has 0 saturated carbocycles. The van der Waals surface area contributed by atoms with Crippen LogP contribution in [0.3, 0.4) is 0 Å². The van der Waals surface area contributed by atoms with Crippen molar-refractivity contribution in [3.8, 4) is 11.5 Å². The maximum Gasteiger partial charge on any atom is 0.308 e. The quantitative estimate of drug-likeness (QED) is 0.837. The Bertz CT molecular complexity index is 541. The molecule has 0 spiro atoms. The Balaban J connectivity index is 3.20. The number of carbonyl (C=O) groups is 2. The molecule has 1 N–H and O–H groups in total. The molecular formula is C16H23NO5. The summed E-state index contributed by atoms with van der Waals surface area (Å²) in [5.41, 5.74) is 0.587. The molecule has 0 aliphatic rings. The molecule has 0 aromatic heterocycles. The van der Waals surface area contributed by atoms with Gasteiger partial charge >= 0.3 is 5.97 Å². The fourth-order valence-corrected chi connectivity index (χ4v) is 1.98. The molecule has 1 amide bonds. The smallest absolute Gasteiger partial charge is 0.308 e. The lowest BCUT2D eigenvalue weighted by Gasteiger charge is -2.27. The predicted octanol–water partition coefficient (Wildman–Crippen LogP) is 2.41. The van der Waals surface area contributed by atoms with Gasteiger partial charge in [-0.05, 0) is 12.1 Å². The maximum absolute atomic E-state index is 12.4. The summed E-state index contributed by atoms with van der Waals surface area (Å²) in [7, 11) is 3.04. The highest BCUT2D eigenvalue weighted by Crippen LogP contribution is 2.32. The number of aliphatic carboxylic acids is 1. The second kappa shape index (κ2) is 7.68. The number of nitrogens with zero attached hydrogens (tertiary/aromatic N) is 1. The molecule has 122 valence electrons. The molecule has 1 aromatic rings. The summed E-state index contributed by atoms with van der Waals surface area (Å²) in [4.78, 5) is 25.0. The van der Waals surface area contributed by atoms with Gasteiger partial charge in [0.1, 0.15) is 0 Å². The van der Waals surface area contributed by atoms with E-state index in [1.807, 2.05) is 0 Å². The topological polar surface area (TPSA) is 76.1 Å². The molecule has 0 fully saturated rings. The van der Waals surface area contributed by atoms with Gasteiger partial charge in [-0.25, -0.2) is 0 Å². The van der Waals surface area contributed by atoms with Gasteiger partial charge in [-0.1, -0.05) is 20.8 Å². The van der Waals surface area contributed by atoms with E-state index in [1.54, 1.807) is 39.0 Å². The number of carbonyl (C=O) groups excluding carboxylic acids is 1. The summed E-state index contributed by atoms with van der Waals surface area (Å²) in [6, 6.07) is 5.09. The summed E-state index contributed by atoms with van der Waals surface area (Å²) >= 11 is 0. The van der Waals surface area contributed by atoms with Gasteiger partial charge in [0.2, 0.25) is 5.91 Å². The average molecular weight is 309 g/mol. The van der Waals surface area contributed by atoms with Crippen molar-refractivity contribution in [2.75, 3.05) is 25.7 Å². The van der Waals surface area contributed by atoms with Crippen molar-refractivity contribution < 1.29 is 24.2 Å². The Labute approximate surface area is 130 Å². The van der Waals surface area contributed by atoms with Crippen molar-refractivity contribution in [1.29, 1.82) is 0 Å². The number of hydrogen-bond donors (Lipinski definition) is 1. The number of rotatable bonds is 7. The first-order chi connectivity index (χ1) is 10.3. The van der Waals surface area contributed by atoms with Crippen molar-refractivity contribution >= 4 is 17.6 Å². The first-order valence-electron chi connectivity index (χ1n) is 7.08. The Morgan fingerprint density at radius 3 is 2.18 bits per heavy atom. The van der Waals surface area contributed by atoms with Gasteiger partial charge in [-0.2, -0.15) is 0 Å². The van der Waals surface area contributed by atoms with Crippen LogP contribution in [0.1, 0.15) is 20.8 Å². The third kappa shape index (κ3) is 4.13. The number of carboxylic acid groups (broad SMARTS) is 1. The van der Waals surface area contributed by atoms with E-state index in [9.17, 15) is 9.59 Å². The lowest BCUT2D eigenvalue weighted by molar-refractivity contribution is -0.140. The summed E-state index contributed by atoms with van der Waals surface area (Å²) < 4.78 is 10.4. The standard InChI is InChI=1S/C16H23NO5/c1-10(2)15(18)17(9-11(3)16(19)20)12-6-7-13(21-4)14(8-12)22-5/h6-8,10-11H,9H2,1-5H3,(H,19,20). The van der Waals surface area contributed by atoms with E-state index in [0.717, 1.165) is 0 Å². The van der Waals surface area contributed by atoms with E-state index in [0.29, 0.717) is 17.2 Å². The highest BCUT2D eigenvalue weighted by Gasteiger charge is 2.24. The van der Waals surface area contributed by atoms with E-state index in [-0.39, 0.29) is 18.4 Å². The molecule has 0 heterocycles. The zero-order chi connectivity index (χ0) is 16.9. The third-order valence-electron chi connectivity index (χ3n) is 3.32. The Kier molecular flexibility index (Phi) is 6.22. The minimum absolute atomic E-state index is 0.0990. The second-order valence-corrected chi connectivity index (χ2v) is 5.38. The molecule has 0 aliphatic heterocycles. The fourth-order valence-electron chi connectivity index (χ4n) is 1.98. The Morgan fingerprint density at radius 2 is 1.73 bits per heavy atom. The van der Waals surface area contributed by atoms with Crippen molar-refractivity contribution in [3.05, 3.63) is 18.2 Å². The number of methoxy groups -OCH3 is 2. The predicted molar refractivity (Wildman–Crippen MR) is 83.5 cm³/mol. The fraction of sp³-hybridized carbons (Fsp3) is 0.500. The summed E-state index contributed by atoms with van der Waals surface area (Å²) in [5.74, 6) is -0.953. The SMILES string of the molecule is COc1ccc(N(CC(C)C(=O)O)C(=O)C(C)C)cc1OC. The van der Waals surface area contributed by atoms with Crippen LogP contribution in [0.15, 0.2) is 18.2 Å². The molecule has 22 heavy (non-hydrogen) atoms. The Hall–Kier alpha value is -2.24. The van der Waals surface area contributed by atoms with Gasteiger partial charge in [0.05, 0.1) is 20.1 Å². The van der Waals surface area contributed by atoms with E-state index < -0.39 is 11.9 Å². The molecular weight excluding hydrogens is 286 g/mol. The van der Waals surface area contributed by atoms with Crippen LogP contribution >= 0.6 is 0 Å². The average Bonchev–Trinajstić information content (AvgIpc) is 2.50. The number of hydrogen-bond acceptors (Lipinski definition) is 4. The van der Waals surface area contributed by atoms with Gasteiger partial charge < -0.3 is 19.5 Å². The van der Waals surface area contributed by atoms with E-state index in [1.165, 1.54) is 19.1 Å². The summed E-state index contributed by atoms with van der Waals surface area (Å²) in [5, 5.41) is 9.10. The number of benzene rings is 1. The van der Waals surface area contributed by atoms with Gasteiger partial charge in [0, 0.05) is 24.2 Å². The highest BCUT2D eigenvalue weighted by atomic mass is 16.5. The van der Waals surface area contributed by atoms with Crippen LogP contribution in [0.2, 0.25) is 0 Å². The van der Waals surface area contributed by atoms with E-state index in [4.69, 9.17) is 14.6 Å². The van der Waals surface area contributed by atoms with Crippen LogP contribution < -0.4 is 14.4 Å². The van der Waals surface area contributed by atoms with E-state index in [2.05, 4.69) is 0 Å². The number of amides is 1. The molecule has 6 nitrogen and oxygen atoms in total. The molecule has 1 unspecified atom stereocenters. The molecule has 0 saturated heterocycles. The molecule has 0 aliphatic carbocycles. The molecule has 0 bridgehead atoms. The van der Waals surface area contributed by atoms with Crippen LogP contribution in [0, 0.1) is 11.8 Å². The molecule has 0 radical (unpaired) electrons. The molecule has 1 rings (SSSR count). The second-order valence-electron chi connectivity index (χ2n) is 5.38. The van der Waals surface area contributed by atoms with Crippen LogP contribution in [0.4, 0.5) is 5.69 Å². The molecule has 1 aromatic carbocycles. The van der Waals surface area contributed by atoms with Crippen LogP contribution in [0.5, 0.6) is 11.5 Å². The maximum atomic E-state index is 12.4. The lowest BCUT2D eigenvalue weighted by Crippen LogP contribution is -2.39. The first-order valence-corrected chi connectivity index (χ1v) is 7.08. The van der Waals surface area contributed by atoms with Crippen molar-refractivity contribution in [3.63, 3.8) is 0 Å². The first kappa shape index (κ1) is 17.8. The number of carboxylic acids is 1. The largest absolute Gasteiger partial charge is 0.493 e. The van der Waals surface area contributed by atoms with Gasteiger partial charge in [-0.15, -0.1) is 0 Å². The Morgan fingerprint density at radius 1 is 1.14 bits per heavy atom. The molecule has 6 heteroatoms. The van der Waals surface area contributed by atoms with Gasteiger partial charge in [-0.3, -0.25) is 9.59 Å². The summed E-state index contributed by atoms with van der Waals surface area (Å²) in [6.45, 7) is 5.23. The van der Waals surface area contributed by atoms with Crippen molar-refractivity contribution in [2.24, 2.45) is 11.8 Å².